The van der Waals surface area contributed by atoms with Gasteiger partial charge in [-0.2, -0.15) is 0 Å². The smallest absolute Gasteiger partial charge is 0.417 e. The van der Waals surface area contributed by atoms with E-state index in [2.05, 4.69) is 9.98 Å². The van der Waals surface area contributed by atoms with Crippen molar-refractivity contribution in [3.8, 4) is 17.2 Å². The van der Waals surface area contributed by atoms with Crippen LogP contribution in [0.15, 0.2) is 113 Å². The fraction of sp³-hybridized carbons (Fsp3) is 0.152. The van der Waals surface area contributed by atoms with Crippen LogP contribution in [0.1, 0.15) is 59.0 Å². The number of ketones is 2. The molecule has 0 radical (unpaired) electrons. The van der Waals surface area contributed by atoms with Gasteiger partial charge in [0.25, 0.3) is 0 Å². The van der Waals surface area contributed by atoms with Crippen molar-refractivity contribution in [2.45, 2.75) is 27.2 Å². The molecule has 1 aliphatic carbocycles. The molecule has 2 atom stereocenters. The summed E-state index contributed by atoms with van der Waals surface area (Å²) in [6, 6.07) is 12.6. The Labute approximate surface area is 263 Å². The highest BCUT2D eigenvalue weighted by Gasteiger charge is 2.37. The molecule has 1 aromatic heterocycles. The summed E-state index contributed by atoms with van der Waals surface area (Å²) >= 11 is 0. The molecule has 0 amide bonds. The van der Waals surface area contributed by atoms with Crippen LogP contribution in [0.4, 0.5) is 0 Å². The normalized spacial score (nSPS) is 15.4. The number of carbonyl (C=O) groups excluding carboxylic acids is 2. The van der Waals surface area contributed by atoms with Crippen molar-refractivity contribution in [3.05, 3.63) is 131 Å². The molecular formula is C33H30N2O8P2. The number of benzene rings is 2. The Kier molecular flexibility index (Phi) is 10.5. The highest BCUT2D eigenvalue weighted by atomic mass is 31.2. The van der Waals surface area contributed by atoms with Crippen LogP contribution < -0.4 is 13.6 Å². The standard InChI is InChI=1S/C33H30N2O8P2/c1-4-5-10-23(19-22(2)3)40-45(41-25-12-9-18-35-21-25)43-29-16-7-14-27-31(29)33(37)30-26(32(27)36)13-6-15-28(30)42-44(38)39-24-11-8-17-34-20-24/h4-8,10-17,19-21,38H,9,18H2,1-3H3/b5-4-,23-10+. The van der Waals surface area contributed by atoms with Crippen molar-refractivity contribution in [2.75, 3.05) is 6.54 Å². The number of dihydropyridines is 1. The number of allylic oxidation sites excluding steroid dienone is 6. The molecule has 2 aromatic carbocycles. The van der Waals surface area contributed by atoms with Crippen molar-refractivity contribution < 1.29 is 37.1 Å². The number of nitrogens with zero attached hydrogens (tertiary/aromatic N) is 2. The van der Waals surface area contributed by atoms with E-state index in [-0.39, 0.29) is 39.5 Å². The quantitative estimate of drug-likeness (QED) is 0.0929. The van der Waals surface area contributed by atoms with Crippen molar-refractivity contribution in [1.82, 2.24) is 4.98 Å². The van der Waals surface area contributed by atoms with Crippen LogP contribution in [0.5, 0.6) is 17.2 Å². The SMILES string of the molecule is C/C=C\C=C(/C=C(C)C)OP(OC1=CCCN=C1)Oc1cccc2c1C(=O)c1c(OP(O)Oc3cccnc3)cccc1C2=O. The van der Waals surface area contributed by atoms with Crippen LogP contribution in [0, 0.1) is 0 Å². The van der Waals surface area contributed by atoms with Crippen molar-refractivity contribution >= 4 is 35.0 Å². The maximum Gasteiger partial charge on any atom is 0.530 e. The first kappa shape index (κ1) is 31.8. The van der Waals surface area contributed by atoms with Gasteiger partial charge >= 0.3 is 17.2 Å². The second-order valence-electron chi connectivity index (χ2n) is 9.87. The monoisotopic (exact) mass is 644 g/mol. The lowest BCUT2D eigenvalue weighted by Crippen LogP contribution is -2.22. The molecule has 45 heavy (non-hydrogen) atoms. The highest BCUT2D eigenvalue weighted by molar-refractivity contribution is 7.42. The summed E-state index contributed by atoms with van der Waals surface area (Å²) in [5.41, 5.74) is 1.27. The van der Waals surface area contributed by atoms with Crippen LogP contribution in [0.2, 0.25) is 0 Å². The van der Waals surface area contributed by atoms with E-state index in [0.717, 1.165) is 5.57 Å². The Bertz CT molecular complexity index is 1730. The topological polar surface area (TPSA) is 126 Å². The number of pyridine rings is 1. The third kappa shape index (κ3) is 7.91. The molecule has 0 fully saturated rings. The second-order valence-corrected chi connectivity index (χ2v) is 11.7. The molecule has 2 heterocycles. The maximum absolute atomic E-state index is 14.1. The Morgan fingerprint density at radius 2 is 1.64 bits per heavy atom. The fourth-order valence-corrected chi connectivity index (χ4v) is 6.01. The molecule has 0 bridgehead atoms. The first-order valence-electron chi connectivity index (χ1n) is 14.0. The number of carbonyl (C=O) groups is 2. The zero-order chi connectivity index (χ0) is 31.8. The van der Waals surface area contributed by atoms with E-state index >= 15 is 0 Å². The molecule has 12 heteroatoms. The van der Waals surface area contributed by atoms with Crippen LogP contribution in [0.25, 0.3) is 0 Å². The van der Waals surface area contributed by atoms with Gasteiger partial charge < -0.3 is 27.5 Å². The largest absolute Gasteiger partial charge is 0.530 e. The van der Waals surface area contributed by atoms with Crippen molar-refractivity contribution in [1.29, 1.82) is 0 Å². The van der Waals surface area contributed by atoms with E-state index in [1.807, 2.05) is 45.1 Å². The summed E-state index contributed by atoms with van der Waals surface area (Å²) in [6.07, 6.45) is 14.4. The van der Waals surface area contributed by atoms with E-state index in [0.29, 0.717) is 24.5 Å². The number of rotatable bonds is 12. The Morgan fingerprint density at radius 1 is 0.911 bits per heavy atom. The van der Waals surface area contributed by atoms with E-state index < -0.39 is 28.8 Å². The van der Waals surface area contributed by atoms with E-state index in [1.54, 1.807) is 54.9 Å². The number of hydrogen-bond acceptors (Lipinski definition) is 10. The third-order valence-electron chi connectivity index (χ3n) is 6.23. The van der Waals surface area contributed by atoms with Gasteiger partial charge in [0.1, 0.15) is 28.8 Å². The molecule has 230 valence electrons. The van der Waals surface area contributed by atoms with Crippen LogP contribution in [-0.4, -0.2) is 34.2 Å². The zero-order valence-corrected chi connectivity index (χ0v) is 26.5. The van der Waals surface area contributed by atoms with Gasteiger partial charge in [-0.25, -0.2) is 0 Å². The molecular weight excluding hydrogens is 614 g/mol. The molecule has 3 aromatic rings. The lowest BCUT2D eigenvalue weighted by molar-refractivity contribution is 0.0975. The molecule has 1 N–H and O–H groups in total. The van der Waals surface area contributed by atoms with Gasteiger partial charge in [-0.15, -0.1) is 0 Å². The summed E-state index contributed by atoms with van der Waals surface area (Å²) < 4.78 is 29.7. The zero-order valence-electron chi connectivity index (χ0n) is 24.7. The number of fused-ring (bicyclic) bond motifs is 2. The minimum Gasteiger partial charge on any atom is -0.417 e. The highest BCUT2D eigenvalue weighted by Crippen LogP contribution is 2.49. The first-order chi connectivity index (χ1) is 21.8. The van der Waals surface area contributed by atoms with E-state index in [9.17, 15) is 14.5 Å². The first-order valence-corrected chi connectivity index (χ1v) is 16.2. The summed E-state index contributed by atoms with van der Waals surface area (Å²) in [5.74, 6) is 0.365. The van der Waals surface area contributed by atoms with Crippen LogP contribution in [0.3, 0.4) is 0 Å². The lowest BCUT2D eigenvalue weighted by atomic mass is 9.83. The molecule has 0 saturated heterocycles. The molecule has 5 rings (SSSR count). The van der Waals surface area contributed by atoms with Gasteiger partial charge in [-0.1, -0.05) is 42.0 Å². The minimum atomic E-state index is -2.51. The van der Waals surface area contributed by atoms with E-state index in [1.165, 1.54) is 18.3 Å². The molecule has 1 aliphatic heterocycles. The fourth-order valence-electron chi connectivity index (χ4n) is 4.36. The molecule has 2 unspecified atom stereocenters. The van der Waals surface area contributed by atoms with Gasteiger partial charge in [-0.3, -0.25) is 19.6 Å². The Balaban J connectivity index is 1.49. The number of aromatic nitrogens is 1. The number of hydrogen-bond donors (Lipinski definition) is 1. The predicted molar refractivity (Wildman–Crippen MR) is 172 cm³/mol. The Hall–Kier alpha value is -4.62. The molecule has 10 nitrogen and oxygen atoms in total. The maximum atomic E-state index is 14.1. The van der Waals surface area contributed by atoms with Crippen LogP contribution in [-0.2, 0) is 9.05 Å². The average molecular weight is 645 g/mol. The third-order valence-corrected chi connectivity index (χ3v) is 8.01. The van der Waals surface area contributed by atoms with E-state index in [4.69, 9.17) is 22.6 Å². The van der Waals surface area contributed by atoms with Crippen LogP contribution >= 0.6 is 17.2 Å². The van der Waals surface area contributed by atoms with Crippen molar-refractivity contribution in [3.63, 3.8) is 0 Å². The van der Waals surface area contributed by atoms with Gasteiger partial charge in [0.15, 0.2) is 5.78 Å². The second kappa shape index (κ2) is 14.9. The minimum absolute atomic E-state index is 0.0118. The molecule has 0 saturated carbocycles. The van der Waals surface area contributed by atoms with Gasteiger partial charge in [0.2, 0.25) is 5.78 Å². The summed E-state index contributed by atoms with van der Waals surface area (Å²) in [6.45, 7) is 6.40. The molecule has 0 spiro atoms. The summed E-state index contributed by atoms with van der Waals surface area (Å²) in [4.78, 5) is 46.6. The summed E-state index contributed by atoms with van der Waals surface area (Å²) in [5, 5.41) is 0. The van der Waals surface area contributed by atoms with Crippen molar-refractivity contribution in [2.24, 2.45) is 4.99 Å². The average Bonchev–Trinajstić information content (AvgIpc) is 3.03. The Morgan fingerprint density at radius 3 is 2.27 bits per heavy atom. The molecule has 2 aliphatic rings. The van der Waals surface area contributed by atoms with Gasteiger partial charge in [0, 0.05) is 23.9 Å². The van der Waals surface area contributed by atoms with Gasteiger partial charge in [0.05, 0.1) is 23.5 Å². The lowest BCUT2D eigenvalue weighted by Gasteiger charge is -2.24. The summed E-state index contributed by atoms with van der Waals surface area (Å²) in [7, 11) is -4.69. The van der Waals surface area contributed by atoms with Gasteiger partial charge in [-0.05, 0) is 69.7 Å². The number of aliphatic imine (C=N–C) groups is 1. The predicted octanol–water partition coefficient (Wildman–Crippen LogP) is 7.96.